The minimum absolute atomic E-state index is 0.527. The van der Waals surface area contributed by atoms with Crippen LogP contribution in [0.15, 0.2) is 0 Å². The molecule has 0 saturated heterocycles. The summed E-state index contributed by atoms with van der Waals surface area (Å²) in [6.45, 7) is 7.26. The van der Waals surface area contributed by atoms with Crippen molar-refractivity contribution in [3.05, 3.63) is 0 Å². The Morgan fingerprint density at radius 1 is 1.21 bits per heavy atom. The van der Waals surface area contributed by atoms with Crippen LogP contribution in [0.25, 0.3) is 0 Å². The van der Waals surface area contributed by atoms with E-state index in [2.05, 4.69) is 20.8 Å². The third kappa shape index (κ3) is 1.33. The van der Waals surface area contributed by atoms with Gasteiger partial charge in [0.15, 0.2) is 0 Å². The molecular formula is C13H23Cl. The first-order chi connectivity index (χ1) is 6.54. The maximum Gasteiger partial charge on any atom is 0.0262 e. The highest BCUT2D eigenvalue weighted by atomic mass is 35.5. The van der Waals surface area contributed by atoms with Gasteiger partial charge in [-0.3, -0.25) is 0 Å². The quantitative estimate of drug-likeness (QED) is 0.565. The Balaban J connectivity index is 2.10. The molecule has 0 aromatic rings. The predicted octanol–water partition coefficient (Wildman–Crippen LogP) is 4.47. The van der Waals surface area contributed by atoms with E-state index in [0.717, 1.165) is 17.7 Å². The van der Waals surface area contributed by atoms with Gasteiger partial charge in [-0.2, -0.15) is 0 Å². The lowest BCUT2D eigenvalue weighted by Crippen LogP contribution is -2.08. The van der Waals surface area contributed by atoms with Gasteiger partial charge in [-0.1, -0.05) is 40.0 Å². The molecule has 1 heteroatoms. The van der Waals surface area contributed by atoms with Crippen LogP contribution < -0.4 is 0 Å². The Morgan fingerprint density at radius 2 is 1.93 bits per heavy atom. The zero-order chi connectivity index (χ0) is 10.4. The molecule has 0 aromatic carbocycles. The monoisotopic (exact) mass is 214 g/mol. The molecule has 0 aliphatic heterocycles. The van der Waals surface area contributed by atoms with Crippen LogP contribution in [-0.4, -0.2) is 5.88 Å². The van der Waals surface area contributed by atoms with Crippen LogP contribution >= 0.6 is 11.6 Å². The fraction of sp³-hybridized carbons (Fsp3) is 1.00. The molecule has 2 rings (SSSR count). The van der Waals surface area contributed by atoms with Gasteiger partial charge in [-0.15, -0.1) is 11.6 Å². The maximum absolute atomic E-state index is 6.10. The number of hydrogen-bond donors (Lipinski definition) is 0. The molecule has 2 aliphatic rings. The molecule has 82 valence electrons. The van der Waals surface area contributed by atoms with Crippen molar-refractivity contribution in [3.8, 4) is 0 Å². The first kappa shape index (κ1) is 10.8. The highest BCUT2D eigenvalue weighted by Gasteiger charge is 2.68. The maximum atomic E-state index is 6.10. The molecule has 0 N–H and O–H groups in total. The fourth-order valence-electron chi connectivity index (χ4n) is 3.93. The lowest BCUT2D eigenvalue weighted by molar-refractivity contribution is 0.328. The summed E-state index contributed by atoms with van der Waals surface area (Å²) in [5.74, 6) is 2.62. The van der Waals surface area contributed by atoms with E-state index in [1.54, 1.807) is 0 Å². The molecule has 1 spiro atoms. The smallest absolute Gasteiger partial charge is 0.0262 e. The van der Waals surface area contributed by atoms with Crippen molar-refractivity contribution in [1.82, 2.24) is 0 Å². The Hall–Kier alpha value is 0.290. The van der Waals surface area contributed by atoms with Crippen LogP contribution in [0.1, 0.15) is 52.9 Å². The molecule has 3 atom stereocenters. The standard InChI is InChI=1S/C13H23Cl/c1-10-5-4-7-13(8-6-10)11(9-14)12(13,2)3/h10-11H,4-9H2,1-3H3. The predicted molar refractivity (Wildman–Crippen MR) is 62.7 cm³/mol. The van der Waals surface area contributed by atoms with Crippen molar-refractivity contribution in [1.29, 1.82) is 0 Å². The van der Waals surface area contributed by atoms with Crippen LogP contribution in [0, 0.1) is 22.7 Å². The number of rotatable bonds is 1. The van der Waals surface area contributed by atoms with Crippen molar-refractivity contribution in [2.24, 2.45) is 22.7 Å². The lowest BCUT2D eigenvalue weighted by Gasteiger charge is -2.17. The van der Waals surface area contributed by atoms with Gasteiger partial charge in [-0.25, -0.2) is 0 Å². The summed E-state index contributed by atoms with van der Waals surface area (Å²) >= 11 is 6.10. The Bertz CT molecular complexity index is 221. The van der Waals surface area contributed by atoms with E-state index < -0.39 is 0 Å². The topological polar surface area (TPSA) is 0 Å². The lowest BCUT2D eigenvalue weighted by atomic mass is 9.87. The third-order valence-corrected chi connectivity index (χ3v) is 5.60. The highest BCUT2D eigenvalue weighted by molar-refractivity contribution is 6.18. The number of halogens is 1. The van der Waals surface area contributed by atoms with Gasteiger partial charge in [0.2, 0.25) is 0 Å². The van der Waals surface area contributed by atoms with Crippen LogP contribution in [0.2, 0.25) is 0 Å². The van der Waals surface area contributed by atoms with Gasteiger partial charge < -0.3 is 0 Å². The summed E-state index contributed by atoms with van der Waals surface area (Å²) in [5, 5.41) is 0. The fourth-order valence-corrected chi connectivity index (χ4v) is 4.62. The van der Waals surface area contributed by atoms with Crippen LogP contribution in [0.4, 0.5) is 0 Å². The van der Waals surface area contributed by atoms with E-state index in [0.29, 0.717) is 10.8 Å². The SMILES string of the molecule is CC1CCCC2(CC1)C(CCl)C2(C)C. The molecule has 0 bridgehead atoms. The minimum Gasteiger partial charge on any atom is -0.126 e. The molecule has 2 aliphatic carbocycles. The second-order valence-corrected chi connectivity index (χ2v) is 6.43. The van der Waals surface area contributed by atoms with Gasteiger partial charge in [0.25, 0.3) is 0 Å². The average Bonchev–Trinajstić information content (AvgIpc) is 2.66. The van der Waals surface area contributed by atoms with Crippen molar-refractivity contribution in [3.63, 3.8) is 0 Å². The average molecular weight is 215 g/mol. The van der Waals surface area contributed by atoms with Crippen molar-refractivity contribution in [2.45, 2.75) is 52.9 Å². The molecule has 2 saturated carbocycles. The summed E-state index contributed by atoms with van der Waals surface area (Å²) in [6, 6.07) is 0. The van der Waals surface area contributed by atoms with E-state index in [-0.39, 0.29) is 0 Å². The second-order valence-electron chi connectivity index (χ2n) is 6.12. The van der Waals surface area contributed by atoms with E-state index >= 15 is 0 Å². The van der Waals surface area contributed by atoms with Gasteiger partial charge >= 0.3 is 0 Å². The summed E-state index contributed by atoms with van der Waals surface area (Å²) < 4.78 is 0. The molecule has 2 fully saturated rings. The number of hydrogen-bond acceptors (Lipinski definition) is 0. The summed E-state index contributed by atoms with van der Waals surface area (Å²) in [4.78, 5) is 0. The Labute approximate surface area is 93.4 Å². The first-order valence-electron chi connectivity index (χ1n) is 6.10. The molecule has 0 radical (unpaired) electrons. The minimum atomic E-state index is 0.527. The van der Waals surface area contributed by atoms with Gasteiger partial charge in [0.1, 0.15) is 0 Å². The van der Waals surface area contributed by atoms with Gasteiger partial charge in [0, 0.05) is 5.88 Å². The second kappa shape index (κ2) is 3.40. The van der Waals surface area contributed by atoms with E-state index in [4.69, 9.17) is 11.6 Å². The number of alkyl halides is 1. The normalized spacial score (nSPS) is 46.3. The zero-order valence-electron chi connectivity index (χ0n) is 9.78. The van der Waals surface area contributed by atoms with Crippen molar-refractivity contribution in [2.75, 3.05) is 5.88 Å². The molecule has 0 heterocycles. The zero-order valence-corrected chi connectivity index (χ0v) is 10.5. The van der Waals surface area contributed by atoms with Crippen LogP contribution in [0.3, 0.4) is 0 Å². The summed E-state index contributed by atoms with van der Waals surface area (Å²) in [7, 11) is 0. The molecular weight excluding hydrogens is 192 g/mol. The van der Waals surface area contributed by atoms with Crippen LogP contribution in [-0.2, 0) is 0 Å². The molecule has 3 unspecified atom stereocenters. The van der Waals surface area contributed by atoms with Crippen molar-refractivity contribution < 1.29 is 0 Å². The Morgan fingerprint density at radius 3 is 2.50 bits per heavy atom. The highest BCUT2D eigenvalue weighted by Crippen LogP contribution is 2.74. The Kier molecular flexibility index (Phi) is 2.62. The first-order valence-corrected chi connectivity index (χ1v) is 6.64. The van der Waals surface area contributed by atoms with Gasteiger partial charge in [-0.05, 0) is 35.5 Å². The van der Waals surface area contributed by atoms with Crippen LogP contribution in [0.5, 0.6) is 0 Å². The van der Waals surface area contributed by atoms with E-state index in [9.17, 15) is 0 Å². The third-order valence-electron chi connectivity index (χ3n) is 5.30. The van der Waals surface area contributed by atoms with Crippen molar-refractivity contribution >= 4 is 11.6 Å². The summed E-state index contributed by atoms with van der Waals surface area (Å²) in [5.41, 5.74) is 1.15. The van der Waals surface area contributed by atoms with E-state index in [1.807, 2.05) is 0 Å². The molecule has 0 amide bonds. The molecule has 0 nitrogen and oxygen atoms in total. The molecule has 14 heavy (non-hydrogen) atoms. The largest absolute Gasteiger partial charge is 0.126 e. The van der Waals surface area contributed by atoms with E-state index in [1.165, 1.54) is 32.1 Å². The summed E-state index contributed by atoms with van der Waals surface area (Å²) in [6.07, 6.45) is 7.15. The molecule has 0 aromatic heterocycles. The van der Waals surface area contributed by atoms with Gasteiger partial charge in [0.05, 0.1) is 0 Å².